The van der Waals surface area contributed by atoms with E-state index < -0.39 is 0 Å². The van der Waals surface area contributed by atoms with E-state index in [0.717, 1.165) is 24.7 Å². The van der Waals surface area contributed by atoms with Gasteiger partial charge >= 0.3 is 0 Å². The second-order valence-corrected chi connectivity index (χ2v) is 5.68. The highest BCUT2D eigenvalue weighted by Crippen LogP contribution is 2.35. The Balaban J connectivity index is 1.82. The Morgan fingerprint density at radius 3 is 2.94 bits per heavy atom. The van der Waals surface area contributed by atoms with Crippen molar-refractivity contribution in [3.05, 3.63) is 18.0 Å². The highest BCUT2D eigenvalue weighted by Gasteiger charge is 2.29. The van der Waals surface area contributed by atoms with Crippen molar-refractivity contribution in [2.24, 2.45) is 24.7 Å². The van der Waals surface area contributed by atoms with Crippen molar-refractivity contribution in [1.29, 1.82) is 0 Å². The van der Waals surface area contributed by atoms with Crippen LogP contribution >= 0.6 is 0 Å². The smallest absolute Gasteiger partial charge is 0.0521 e. The van der Waals surface area contributed by atoms with Gasteiger partial charge in [0.15, 0.2) is 0 Å². The van der Waals surface area contributed by atoms with Gasteiger partial charge in [0.1, 0.15) is 0 Å². The lowest BCUT2D eigenvalue weighted by molar-refractivity contribution is 0.333. The van der Waals surface area contributed by atoms with Gasteiger partial charge in [-0.1, -0.05) is 19.8 Å². The Labute approximate surface area is 110 Å². The maximum Gasteiger partial charge on any atom is 0.0521 e. The molecule has 0 radical (unpaired) electrons. The molecule has 0 aliphatic heterocycles. The highest BCUT2D eigenvalue weighted by molar-refractivity contribution is 5.04. The van der Waals surface area contributed by atoms with Gasteiger partial charge in [-0.3, -0.25) is 16.0 Å². The minimum absolute atomic E-state index is 0.460. The zero-order valence-electron chi connectivity index (χ0n) is 11.6. The third-order valence-electron chi connectivity index (χ3n) is 4.44. The molecule has 0 spiro atoms. The number of rotatable bonds is 6. The van der Waals surface area contributed by atoms with E-state index in [2.05, 4.69) is 23.6 Å². The molecule has 1 aromatic heterocycles. The quantitative estimate of drug-likeness (QED) is 0.600. The maximum absolute atomic E-state index is 5.74. The summed E-state index contributed by atoms with van der Waals surface area (Å²) in [5, 5.41) is 4.21. The van der Waals surface area contributed by atoms with Crippen molar-refractivity contribution in [2.75, 3.05) is 0 Å². The number of aryl methyl sites for hydroxylation is 2. The highest BCUT2D eigenvalue weighted by atomic mass is 15.2. The van der Waals surface area contributed by atoms with Crippen molar-refractivity contribution in [3.63, 3.8) is 0 Å². The summed E-state index contributed by atoms with van der Waals surface area (Å²) in [4.78, 5) is 0. The average molecular weight is 250 g/mol. The summed E-state index contributed by atoms with van der Waals surface area (Å²) in [6.45, 7) is 2.30. The molecule has 3 N–H and O–H groups in total. The van der Waals surface area contributed by atoms with E-state index in [0.29, 0.717) is 6.04 Å². The number of hydrogen-bond acceptors (Lipinski definition) is 3. The summed E-state index contributed by atoms with van der Waals surface area (Å²) in [7, 11) is 1.96. The maximum atomic E-state index is 5.74. The Morgan fingerprint density at radius 1 is 1.56 bits per heavy atom. The topological polar surface area (TPSA) is 55.9 Å². The van der Waals surface area contributed by atoms with Crippen molar-refractivity contribution in [2.45, 2.75) is 51.5 Å². The van der Waals surface area contributed by atoms with Crippen LogP contribution < -0.4 is 11.3 Å². The van der Waals surface area contributed by atoms with Crippen molar-refractivity contribution in [1.82, 2.24) is 15.2 Å². The van der Waals surface area contributed by atoms with E-state index >= 15 is 0 Å². The molecule has 3 atom stereocenters. The minimum Gasteiger partial charge on any atom is -0.276 e. The fourth-order valence-corrected chi connectivity index (χ4v) is 3.23. The molecule has 18 heavy (non-hydrogen) atoms. The SMILES string of the molecule is CCC1CCC(C(CCc2cnn(C)c2)NN)C1. The Bertz CT molecular complexity index is 360. The van der Waals surface area contributed by atoms with Crippen molar-refractivity contribution < 1.29 is 0 Å². The zero-order chi connectivity index (χ0) is 13.0. The van der Waals surface area contributed by atoms with Crippen molar-refractivity contribution >= 4 is 0 Å². The predicted molar refractivity (Wildman–Crippen MR) is 73.8 cm³/mol. The van der Waals surface area contributed by atoms with Crippen LogP contribution in [-0.2, 0) is 13.5 Å². The van der Waals surface area contributed by atoms with Crippen LogP contribution in [0.5, 0.6) is 0 Å². The van der Waals surface area contributed by atoms with Crippen LogP contribution in [0.15, 0.2) is 12.4 Å². The van der Waals surface area contributed by atoms with Crippen molar-refractivity contribution in [3.8, 4) is 0 Å². The standard InChI is InChI=1S/C14H26N4/c1-3-11-4-6-13(8-11)14(17-15)7-5-12-9-16-18(2)10-12/h9-11,13-14,17H,3-8,15H2,1-2H3. The van der Waals surface area contributed by atoms with Gasteiger partial charge in [-0.25, -0.2) is 0 Å². The zero-order valence-corrected chi connectivity index (χ0v) is 11.6. The Hall–Kier alpha value is -0.870. The van der Waals surface area contributed by atoms with Crippen LogP contribution in [0.3, 0.4) is 0 Å². The van der Waals surface area contributed by atoms with Gasteiger partial charge in [-0.15, -0.1) is 0 Å². The van der Waals surface area contributed by atoms with Gasteiger partial charge in [0.2, 0.25) is 0 Å². The summed E-state index contributed by atoms with van der Waals surface area (Å²) < 4.78 is 1.86. The third-order valence-corrected chi connectivity index (χ3v) is 4.44. The van der Waals surface area contributed by atoms with Gasteiger partial charge in [0.05, 0.1) is 6.20 Å². The predicted octanol–water partition coefficient (Wildman–Crippen LogP) is 2.01. The molecule has 0 bridgehead atoms. The van der Waals surface area contributed by atoms with Crippen LogP contribution in [0.2, 0.25) is 0 Å². The molecule has 1 saturated carbocycles. The molecule has 102 valence electrons. The molecule has 1 fully saturated rings. The molecule has 1 aliphatic rings. The van der Waals surface area contributed by atoms with Gasteiger partial charge in [-0.2, -0.15) is 5.10 Å². The largest absolute Gasteiger partial charge is 0.276 e. The molecule has 1 aliphatic carbocycles. The first-order valence-corrected chi connectivity index (χ1v) is 7.16. The first kappa shape index (κ1) is 13.6. The molecule has 2 rings (SSSR count). The average Bonchev–Trinajstić information content (AvgIpc) is 2.99. The molecule has 1 aromatic rings. The molecule has 0 saturated heterocycles. The first-order chi connectivity index (χ1) is 8.72. The van der Waals surface area contributed by atoms with Gasteiger partial charge in [0.25, 0.3) is 0 Å². The number of aromatic nitrogens is 2. The Kier molecular flexibility index (Phi) is 4.78. The molecule has 4 heteroatoms. The minimum atomic E-state index is 0.460. The number of nitrogens with one attached hydrogen (secondary N) is 1. The second kappa shape index (κ2) is 6.34. The summed E-state index contributed by atoms with van der Waals surface area (Å²) in [6, 6.07) is 0.460. The summed E-state index contributed by atoms with van der Waals surface area (Å²) in [6.07, 6.45) is 11.6. The van der Waals surface area contributed by atoms with E-state index in [-0.39, 0.29) is 0 Å². The second-order valence-electron chi connectivity index (χ2n) is 5.68. The van der Waals surface area contributed by atoms with E-state index in [4.69, 9.17) is 5.84 Å². The van der Waals surface area contributed by atoms with Crippen LogP contribution in [-0.4, -0.2) is 15.8 Å². The lowest BCUT2D eigenvalue weighted by atomic mass is 9.92. The lowest BCUT2D eigenvalue weighted by Crippen LogP contribution is -2.40. The molecule has 0 amide bonds. The fraction of sp³-hybridized carbons (Fsp3) is 0.786. The molecular formula is C14H26N4. The lowest BCUT2D eigenvalue weighted by Gasteiger charge is -2.22. The van der Waals surface area contributed by atoms with E-state index in [9.17, 15) is 0 Å². The molecule has 0 aromatic carbocycles. The third kappa shape index (κ3) is 3.33. The van der Waals surface area contributed by atoms with Crippen LogP contribution in [0.1, 0.15) is 44.6 Å². The molecule has 4 nitrogen and oxygen atoms in total. The first-order valence-electron chi connectivity index (χ1n) is 7.16. The summed E-state index contributed by atoms with van der Waals surface area (Å²) >= 11 is 0. The van der Waals surface area contributed by atoms with Gasteiger partial charge < -0.3 is 0 Å². The molecule has 1 heterocycles. The molecule has 3 unspecified atom stereocenters. The Morgan fingerprint density at radius 2 is 2.39 bits per heavy atom. The monoisotopic (exact) mass is 250 g/mol. The van der Waals surface area contributed by atoms with Gasteiger partial charge in [-0.05, 0) is 43.1 Å². The number of nitrogens with zero attached hydrogens (tertiary/aromatic N) is 2. The number of hydrogen-bond donors (Lipinski definition) is 2. The fourth-order valence-electron chi connectivity index (χ4n) is 3.23. The number of hydrazine groups is 1. The van der Waals surface area contributed by atoms with Crippen LogP contribution in [0.4, 0.5) is 0 Å². The van der Waals surface area contributed by atoms with E-state index in [1.54, 1.807) is 0 Å². The normalized spacial score (nSPS) is 25.5. The molecular weight excluding hydrogens is 224 g/mol. The van der Waals surface area contributed by atoms with Crippen LogP contribution in [0.25, 0.3) is 0 Å². The summed E-state index contributed by atoms with van der Waals surface area (Å²) in [5.41, 5.74) is 4.35. The van der Waals surface area contributed by atoms with E-state index in [1.165, 1.54) is 31.2 Å². The van der Waals surface area contributed by atoms with Gasteiger partial charge in [0, 0.05) is 19.3 Å². The summed E-state index contributed by atoms with van der Waals surface area (Å²) in [5.74, 6) is 7.42. The number of nitrogens with two attached hydrogens (primary N) is 1. The van der Waals surface area contributed by atoms with Crippen LogP contribution in [0, 0.1) is 11.8 Å². The van der Waals surface area contributed by atoms with E-state index in [1.807, 2.05) is 17.9 Å².